The van der Waals surface area contributed by atoms with E-state index in [1.165, 1.54) is 0 Å². The Balaban J connectivity index is 1.89. The molecule has 20 heavy (non-hydrogen) atoms. The number of aromatic nitrogens is 1. The molecular formula is C15H18N2O2S. The van der Waals surface area contributed by atoms with Crippen LogP contribution in [-0.2, 0) is 10.5 Å². The van der Waals surface area contributed by atoms with Crippen LogP contribution < -0.4 is 5.32 Å². The van der Waals surface area contributed by atoms with Gasteiger partial charge < -0.3 is 9.73 Å². The topological polar surface area (TPSA) is 55.1 Å². The summed E-state index contributed by atoms with van der Waals surface area (Å²) in [6.45, 7) is 3.97. The SMILES string of the molecule is CCC(SCc1ccco1)C(=O)Nc1ccc(C)cn1. The Kier molecular flexibility index (Phi) is 5.24. The van der Waals surface area contributed by atoms with Gasteiger partial charge in [-0.25, -0.2) is 4.98 Å². The van der Waals surface area contributed by atoms with Crippen molar-refractivity contribution in [3.05, 3.63) is 48.0 Å². The lowest BCUT2D eigenvalue weighted by atomic mass is 10.3. The third-order valence-corrected chi connectivity index (χ3v) is 4.23. The average molecular weight is 290 g/mol. The van der Waals surface area contributed by atoms with Crippen molar-refractivity contribution >= 4 is 23.5 Å². The number of carbonyl (C=O) groups excluding carboxylic acids is 1. The van der Waals surface area contributed by atoms with Crippen LogP contribution in [0.25, 0.3) is 0 Å². The first-order valence-electron chi connectivity index (χ1n) is 6.56. The van der Waals surface area contributed by atoms with Gasteiger partial charge in [-0.2, -0.15) is 0 Å². The molecule has 5 heteroatoms. The van der Waals surface area contributed by atoms with Crippen LogP contribution in [0.5, 0.6) is 0 Å². The maximum atomic E-state index is 12.2. The maximum absolute atomic E-state index is 12.2. The van der Waals surface area contributed by atoms with Crippen molar-refractivity contribution in [1.29, 1.82) is 0 Å². The van der Waals surface area contributed by atoms with Gasteiger partial charge in [0.25, 0.3) is 0 Å². The number of aryl methyl sites for hydroxylation is 1. The summed E-state index contributed by atoms with van der Waals surface area (Å²) >= 11 is 1.58. The highest BCUT2D eigenvalue weighted by molar-refractivity contribution is 7.99. The quantitative estimate of drug-likeness (QED) is 0.882. The summed E-state index contributed by atoms with van der Waals surface area (Å²) < 4.78 is 5.27. The molecule has 1 amide bonds. The lowest BCUT2D eigenvalue weighted by molar-refractivity contribution is -0.115. The zero-order valence-corrected chi connectivity index (χ0v) is 12.4. The smallest absolute Gasteiger partial charge is 0.238 e. The van der Waals surface area contributed by atoms with Crippen molar-refractivity contribution in [3.63, 3.8) is 0 Å². The maximum Gasteiger partial charge on any atom is 0.238 e. The van der Waals surface area contributed by atoms with Crippen molar-refractivity contribution in [2.75, 3.05) is 5.32 Å². The molecule has 0 aliphatic heterocycles. The third kappa shape index (κ3) is 4.13. The summed E-state index contributed by atoms with van der Waals surface area (Å²) in [7, 11) is 0. The molecule has 4 nitrogen and oxygen atoms in total. The molecule has 0 saturated heterocycles. The molecule has 106 valence electrons. The van der Waals surface area contributed by atoms with Crippen LogP contribution in [0, 0.1) is 6.92 Å². The first-order chi connectivity index (χ1) is 9.69. The second-order valence-corrected chi connectivity index (χ2v) is 5.69. The first-order valence-corrected chi connectivity index (χ1v) is 7.61. The Morgan fingerprint density at radius 2 is 2.30 bits per heavy atom. The highest BCUT2D eigenvalue weighted by Crippen LogP contribution is 2.21. The molecule has 0 radical (unpaired) electrons. The van der Waals surface area contributed by atoms with Crippen molar-refractivity contribution in [3.8, 4) is 0 Å². The van der Waals surface area contributed by atoms with E-state index in [1.54, 1.807) is 24.2 Å². The molecule has 1 atom stereocenters. The number of nitrogens with zero attached hydrogens (tertiary/aromatic N) is 1. The highest BCUT2D eigenvalue weighted by Gasteiger charge is 2.18. The minimum atomic E-state index is -0.108. The molecule has 1 N–H and O–H groups in total. The van der Waals surface area contributed by atoms with E-state index < -0.39 is 0 Å². The summed E-state index contributed by atoms with van der Waals surface area (Å²) in [4.78, 5) is 16.4. The zero-order valence-electron chi connectivity index (χ0n) is 11.6. The number of nitrogens with one attached hydrogen (secondary N) is 1. The fourth-order valence-corrected chi connectivity index (χ4v) is 2.68. The van der Waals surface area contributed by atoms with Crippen LogP contribution in [0.15, 0.2) is 41.1 Å². The van der Waals surface area contributed by atoms with E-state index in [2.05, 4.69) is 10.3 Å². The first kappa shape index (κ1) is 14.7. The van der Waals surface area contributed by atoms with Gasteiger partial charge in [-0.1, -0.05) is 13.0 Å². The van der Waals surface area contributed by atoms with Crippen LogP contribution in [0.4, 0.5) is 5.82 Å². The number of carbonyl (C=O) groups is 1. The van der Waals surface area contributed by atoms with Crippen molar-refractivity contribution < 1.29 is 9.21 Å². The van der Waals surface area contributed by atoms with Crippen LogP contribution in [0.3, 0.4) is 0 Å². The molecule has 1 unspecified atom stereocenters. The molecule has 0 bridgehead atoms. The van der Waals surface area contributed by atoms with E-state index in [4.69, 9.17) is 4.42 Å². The second-order valence-electron chi connectivity index (χ2n) is 4.50. The van der Waals surface area contributed by atoms with Crippen LogP contribution >= 0.6 is 11.8 Å². The number of furan rings is 1. The van der Waals surface area contributed by atoms with Crippen molar-refractivity contribution in [2.45, 2.75) is 31.3 Å². The Labute approximate surface area is 123 Å². The number of pyridine rings is 1. The van der Waals surface area contributed by atoms with E-state index in [9.17, 15) is 4.79 Å². The van der Waals surface area contributed by atoms with Gasteiger partial charge in [0.1, 0.15) is 11.6 Å². The number of amides is 1. The third-order valence-electron chi connectivity index (χ3n) is 2.83. The fraction of sp³-hybridized carbons (Fsp3) is 0.333. The summed E-state index contributed by atoms with van der Waals surface area (Å²) in [5.41, 5.74) is 1.07. The molecule has 0 saturated carbocycles. The number of thioether (sulfide) groups is 1. The lowest BCUT2D eigenvalue weighted by Crippen LogP contribution is -2.25. The monoisotopic (exact) mass is 290 g/mol. The Morgan fingerprint density at radius 1 is 1.45 bits per heavy atom. The molecule has 2 rings (SSSR count). The zero-order chi connectivity index (χ0) is 14.4. The van der Waals surface area contributed by atoms with Gasteiger partial charge in [0, 0.05) is 6.20 Å². The summed E-state index contributed by atoms with van der Waals surface area (Å²) in [5.74, 6) is 2.16. The Hall–Kier alpha value is -1.75. The second kappa shape index (κ2) is 7.14. The van der Waals surface area contributed by atoms with Gasteiger partial charge in [0.2, 0.25) is 5.91 Å². The van der Waals surface area contributed by atoms with Gasteiger partial charge in [0.05, 0.1) is 17.3 Å². The molecule has 0 aliphatic rings. The van der Waals surface area contributed by atoms with E-state index in [0.29, 0.717) is 11.6 Å². The number of hydrogen-bond acceptors (Lipinski definition) is 4. The molecule has 0 spiro atoms. The molecule has 0 aliphatic carbocycles. The number of rotatable bonds is 6. The van der Waals surface area contributed by atoms with Gasteiger partial charge in [-0.05, 0) is 37.1 Å². The van der Waals surface area contributed by atoms with Crippen LogP contribution in [0.2, 0.25) is 0 Å². The Bertz CT molecular complexity index is 538. The number of hydrogen-bond donors (Lipinski definition) is 1. The highest BCUT2D eigenvalue weighted by atomic mass is 32.2. The largest absolute Gasteiger partial charge is 0.468 e. The summed E-state index contributed by atoms with van der Waals surface area (Å²) in [6.07, 6.45) is 4.16. The minimum Gasteiger partial charge on any atom is -0.468 e. The molecule has 0 fully saturated rings. The molecule has 2 aromatic heterocycles. The van der Waals surface area contributed by atoms with Crippen LogP contribution in [0.1, 0.15) is 24.7 Å². The van der Waals surface area contributed by atoms with E-state index in [1.807, 2.05) is 38.1 Å². The summed E-state index contributed by atoms with van der Waals surface area (Å²) in [6, 6.07) is 7.52. The standard InChI is InChI=1S/C15H18N2O2S/c1-3-13(20-10-12-5-4-8-19-12)15(18)17-14-7-6-11(2)9-16-14/h4-9,13H,3,10H2,1-2H3,(H,16,17,18). The van der Waals surface area contributed by atoms with Gasteiger partial charge in [-0.3, -0.25) is 4.79 Å². The molecule has 2 aromatic rings. The minimum absolute atomic E-state index is 0.0135. The number of anilines is 1. The predicted octanol–water partition coefficient (Wildman–Crippen LogP) is 3.63. The van der Waals surface area contributed by atoms with Crippen molar-refractivity contribution in [2.24, 2.45) is 0 Å². The summed E-state index contributed by atoms with van der Waals surface area (Å²) in [5, 5.41) is 2.74. The lowest BCUT2D eigenvalue weighted by Gasteiger charge is -2.13. The molecule has 2 heterocycles. The van der Waals surface area contributed by atoms with Gasteiger partial charge in [0.15, 0.2) is 0 Å². The van der Waals surface area contributed by atoms with E-state index >= 15 is 0 Å². The molecular weight excluding hydrogens is 272 g/mol. The van der Waals surface area contributed by atoms with Gasteiger partial charge in [-0.15, -0.1) is 11.8 Å². The average Bonchev–Trinajstić information content (AvgIpc) is 2.95. The van der Waals surface area contributed by atoms with Gasteiger partial charge >= 0.3 is 0 Å². The van der Waals surface area contributed by atoms with E-state index in [-0.39, 0.29) is 11.2 Å². The van der Waals surface area contributed by atoms with Crippen molar-refractivity contribution in [1.82, 2.24) is 4.98 Å². The van der Waals surface area contributed by atoms with E-state index in [0.717, 1.165) is 17.7 Å². The van der Waals surface area contributed by atoms with Crippen LogP contribution in [-0.4, -0.2) is 16.1 Å². The fourth-order valence-electron chi connectivity index (χ4n) is 1.70. The predicted molar refractivity (Wildman–Crippen MR) is 81.7 cm³/mol. The Morgan fingerprint density at radius 3 is 2.90 bits per heavy atom. The molecule has 0 aromatic carbocycles. The normalized spacial score (nSPS) is 12.1.